The van der Waals surface area contributed by atoms with Crippen LogP contribution in [0, 0.1) is 16.7 Å². The summed E-state index contributed by atoms with van der Waals surface area (Å²) in [4.78, 5) is 23.6. The van der Waals surface area contributed by atoms with Crippen LogP contribution in [0.15, 0.2) is 0 Å². The summed E-state index contributed by atoms with van der Waals surface area (Å²) >= 11 is 0. The van der Waals surface area contributed by atoms with Gasteiger partial charge < -0.3 is 10.6 Å². The van der Waals surface area contributed by atoms with Crippen LogP contribution in [-0.2, 0) is 9.59 Å². The molecule has 1 atom stereocenters. The molecule has 2 amide bonds. The smallest absolute Gasteiger partial charge is 0.242 e. The summed E-state index contributed by atoms with van der Waals surface area (Å²) in [5, 5.41) is 14.6. The van der Waals surface area contributed by atoms with Crippen LogP contribution in [0.1, 0.15) is 38.5 Å². The second kappa shape index (κ2) is 4.74. The van der Waals surface area contributed by atoms with Gasteiger partial charge in [0.25, 0.3) is 0 Å². The average molecular weight is 235 g/mol. The minimum Gasteiger partial charge on any atom is -0.354 e. The molecule has 1 unspecified atom stereocenters. The van der Waals surface area contributed by atoms with Gasteiger partial charge in [0.1, 0.15) is 11.5 Å². The second-order valence-corrected chi connectivity index (χ2v) is 4.86. The van der Waals surface area contributed by atoms with Crippen LogP contribution in [0.3, 0.4) is 0 Å². The number of piperidine rings is 1. The zero-order valence-corrected chi connectivity index (χ0v) is 9.79. The van der Waals surface area contributed by atoms with Crippen molar-refractivity contribution in [1.29, 1.82) is 5.26 Å². The first-order valence-corrected chi connectivity index (χ1v) is 6.18. The Kier molecular flexibility index (Phi) is 3.32. The van der Waals surface area contributed by atoms with E-state index in [1.54, 1.807) is 0 Å². The Balaban J connectivity index is 2.00. The van der Waals surface area contributed by atoms with E-state index < -0.39 is 11.5 Å². The lowest BCUT2D eigenvalue weighted by Crippen LogP contribution is -2.53. The third-order valence-electron chi connectivity index (χ3n) is 3.70. The summed E-state index contributed by atoms with van der Waals surface area (Å²) in [5.74, 6) is -0.393. The fourth-order valence-electron chi connectivity index (χ4n) is 2.57. The normalized spacial score (nSPS) is 27.0. The summed E-state index contributed by atoms with van der Waals surface area (Å²) in [5.41, 5.74) is -0.891. The second-order valence-electron chi connectivity index (χ2n) is 4.86. The average Bonchev–Trinajstić information content (AvgIpc) is 2.82. The van der Waals surface area contributed by atoms with Crippen LogP contribution in [-0.4, -0.2) is 24.4 Å². The highest BCUT2D eigenvalue weighted by Gasteiger charge is 2.42. The quantitative estimate of drug-likeness (QED) is 0.729. The van der Waals surface area contributed by atoms with Gasteiger partial charge in [0, 0.05) is 6.54 Å². The molecule has 0 spiro atoms. The molecule has 2 N–H and O–H groups in total. The molecule has 1 aliphatic carbocycles. The summed E-state index contributed by atoms with van der Waals surface area (Å²) < 4.78 is 0. The van der Waals surface area contributed by atoms with E-state index in [1.807, 2.05) is 0 Å². The molecule has 0 aromatic rings. The van der Waals surface area contributed by atoms with Gasteiger partial charge in [-0.2, -0.15) is 5.26 Å². The molecule has 5 heteroatoms. The van der Waals surface area contributed by atoms with Crippen molar-refractivity contribution in [2.45, 2.75) is 44.6 Å². The highest BCUT2D eigenvalue weighted by atomic mass is 16.2. The summed E-state index contributed by atoms with van der Waals surface area (Å²) in [7, 11) is 0. The zero-order valence-electron chi connectivity index (χ0n) is 9.79. The maximum Gasteiger partial charge on any atom is 0.242 e. The molecule has 2 rings (SSSR count). The molecule has 17 heavy (non-hydrogen) atoms. The zero-order chi connectivity index (χ0) is 12.3. The standard InChI is InChI=1S/C12H17N3O2/c13-8-12(5-1-2-6-12)11(17)15-9-4-3-7-14-10(9)16/h9H,1-7H2,(H,14,16)(H,15,17). The molecule has 0 aromatic heterocycles. The summed E-state index contributed by atoms with van der Waals surface area (Å²) in [6.45, 7) is 0.675. The number of nitrogens with one attached hydrogen (secondary N) is 2. The molecule has 2 aliphatic rings. The van der Waals surface area contributed by atoms with Crippen LogP contribution in [0.2, 0.25) is 0 Å². The molecule has 2 fully saturated rings. The molecule has 0 aromatic carbocycles. The first kappa shape index (κ1) is 11.9. The van der Waals surface area contributed by atoms with Gasteiger partial charge in [0.05, 0.1) is 6.07 Å². The first-order valence-electron chi connectivity index (χ1n) is 6.18. The lowest BCUT2D eigenvalue weighted by atomic mass is 9.86. The lowest BCUT2D eigenvalue weighted by Gasteiger charge is -2.26. The lowest BCUT2D eigenvalue weighted by molar-refractivity contribution is -0.134. The van der Waals surface area contributed by atoms with Crippen molar-refractivity contribution in [2.75, 3.05) is 6.54 Å². The van der Waals surface area contributed by atoms with Gasteiger partial charge in [-0.05, 0) is 25.7 Å². The van der Waals surface area contributed by atoms with Crippen molar-refractivity contribution < 1.29 is 9.59 Å². The predicted molar refractivity (Wildman–Crippen MR) is 60.7 cm³/mol. The van der Waals surface area contributed by atoms with Gasteiger partial charge in [-0.15, -0.1) is 0 Å². The van der Waals surface area contributed by atoms with Crippen molar-refractivity contribution in [3.63, 3.8) is 0 Å². The van der Waals surface area contributed by atoms with E-state index in [-0.39, 0.29) is 11.8 Å². The fourth-order valence-corrected chi connectivity index (χ4v) is 2.57. The van der Waals surface area contributed by atoms with Crippen molar-refractivity contribution in [3.8, 4) is 6.07 Å². The molecule has 5 nitrogen and oxygen atoms in total. The Morgan fingerprint density at radius 3 is 2.71 bits per heavy atom. The van der Waals surface area contributed by atoms with E-state index in [2.05, 4.69) is 16.7 Å². The highest BCUT2D eigenvalue weighted by molar-refractivity contribution is 5.91. The van der Waals surface area contributed by atoms with E-state index in [0.29, 0.717) is 25.8 Å². The Labute approximate surface area is 101 Å². The summed E-state index contributed by atoms with van der Waals surface area (Å²) in [6.07, 6.45) is 4.60. The molecule has 0 radical (unpaired) electrons. The Morgan fingerprint density at radius 1 is 1.41 bits per heavy atom. The van der Waals surface area contributed by atoms with E-state index >= 15 is 0 Å². The fraction of sp³-hybridized carbons (Fsp3) is 0.750. The first-order chi connectivity index (χ1) is 8.18. The molecule has 1 aliphatic heterocycles. The third-order valence-corrected chi connectivity index (χ3v) is 3.70. The number of hydrogen-bond acceptors (Lipinski definition) is 3. The monoisotopic (exact) mass is 235 g/mol. The molecular formula is C12H17N3O2. The largest absolute Gasteiger partial charge is 0.354 e. The maximum absolute atomic E-state index is 12.1. The molecular weight excluding hydrogens is 218 g/mol. The van der Waals surface area contributed by atoms with Gasteiger partial charge in [0.15, 0.2) is 0 Å². The SMILES string of the molecule is N#CC1(C(=O)NC2CCCNC2=O)CCCC1. The van der Waals surface area contributed by atoms with Gasteiger partial charge in [-0.1, -0.05) is 12.8 Å². The molecule has 92 valence electrons. The van der Waals surface area contributed by atoms with Crippen LogP contribution in [0.25, 0.3) is 0 Å². The van der Waals surface area contributed by atoms with Gasteiger partial charge >= 0.3 is 0 Å². The predicted octanol–water partition coefficient (Wildman–Crippen LogP) is 0.465. The molecule has 0 bridgehead atoms. The minimum absolute atomic E-state index is 0.129. The van der Waals surface area contributed by atoms with Gasteiger partial charge in [-0.25, -0.2) is 0 Å². The maximum atomic E-state index is 12.1. The van der Waals surface area contributed by atoms with E-state index in [0.717, 1.165) is 19.3 Å². The number of carbonyl (C=O) groups is 2. The van der Waals surface area contributed by atoms with Gasteiger partial charge in [0.2, 0.25) is 11.8 Å². The van der Waals surface area contributed by atoms with E-state index in [4.69, 9.17) is 0 Å². The van der Waals surface area contributed by atoms with Gasteiger partial charge in [-0.3, -0.25) is 9.59 Å². The van der Waals surface area contributed by atoms with E-state index in [9.17, 15) is 14.9 Å². The van der Waals surface area contributed by atoms with Crippen molar-refractivity contribution >= 4 is 11.8 Å². The van der Waals surface area contributed by atoms with Crippen LogP contribution >= 0.6 is 0 Å². The van der Waals surface area contributed by atoms with Crippen LogP contribution < -0.4 is 10.6 Å². The Hall–Kier alpha value is -1.57. The number of nitriles is 1. The number of carbonyl (C=O) groups excluding carboxylic acids is 2. The Morgan fingerprint density at radius 2 is 2.12 bits per heavy atom. The van der Waals surface area contributed by atoms with E-state index in [1.165, 1.54) is 0 Å². The summed E-state index contributed by atoms with van der Waals surface area (Å²) in [6, 6.07) is 1.68. The Bertz CT molecular complexity index is 366. The van der Waals surface area contributed by atoms with Crippen LogP contribution in [0.4, 0.5) is 0 Å². The molecule has 1 heterocycles. The number of rotatable bonds is 2. The number of hydrogen-bond donors (Lipinski definition) is 2. The molecule has 1 saturated carbocycles. The minimum atomic E-state index is -0.891. The highest BCUT2D eigenvalue weighted by Crippen LogP contribution is 2.37. The molecule has 1 saturated heterocycles. The number of amides is 2. The van der Waals surface area contributed by atoms with Crippen molar-refractivity contribution in [3.05, 3.63) is 0 Å². The van der Waals surface area contributed by atoms with Crippen molar-refractivity contribution in [2.24, 2.45) is 5.41 Å². The van der Waals surface area contributed by atoms with Crippen LogP contribution in [0.5, 0.6) is 0 Å². The topological polar surface area (TPSA) is 82.0 Å². The van der Waals surface area contributed by atoms with Crippen molar-refractivity contribution in [1.82, 2.24) is 10.6 Å². The third kappa shape index (κ3) is 2.26. The number of nitrogens with zero attached hydrogens (tertiary/aromatic N) is 1.